The fraction of sp³-hybridized carbons (Fsp3) is 0.130. The Bertz CT molecular complexity index is 1160. The Morgan fingerprint density at radius 1 is 1.13 bits per heavy atom. The average Bonchev–Trinajstić information content (AvgIpc) is 3.20. The zero-order chi connectivity index (χ0) is 21.6. The molecule has 0 aliphatic carbocycles. The van der Waals surface area contributed by atoms with Gasteiger partial charge in [0.1, 0.15) is 12.3 Å². The summed E-state index contributed by atoms with van der Waals surface area (Å²) >= 11 is 4.89. The summed E-state index contributed by atoms with van der Waals surface area (Å²) < 4.78 is 14.3. The number of nitrogens with zero attached hydrogens (tertiary/aromatic N) is 2. The topological polar surface area (TPSA) is 64.9 Å². The lowest BCUT2D eigenvalue weighted by Crippen LogP contribution is -2.14. The van der Waals surface area contributed by atoms with Crippen LogP contribution in [0.25, 0.3) is 5.65 Å². The molecule has 0 atom stereocenters. The van der Waals surface area contributed by atoms with Crippen LogP contribution in [0.3, 0.4) is 0 Å². The van der Waals surface area contributed by atoms with Crippen LogP contribution in [0.15, 0.2) is 82.4 Å². The molecule has 158 valence electrons. The predicted molar refractivity (Wildman–Crippen MR) is 126 cm³/mol. The van der Waals surface area contributed by atoms with Crippen molar-refractivity contribution in [3.8, 4) is 11.5 Å². The molecule has 1 amide bonds. The van der Waals surface area contributed by atoms with Gasteiger partial charge in [0.15, 0.2) is 11.5 Å². The van der Waals surface area contributed by atoms with Gasteiger partial charge in [-0.05, 0) is 48.5 Å². The number of carbonyl (C=O) groups excluding carboxylic acids is 1. The van der Waals surface area contributed by atoms with E-state index in [0.717, 1.165) is 20.7 Å². The van der Waals surface area contributed by atoms with Crippen LogP contribution in [0.2, 0.25) is 0 Å². The quantitative estimate of drug-likeness (QED) is 0.329. The zero-order valence-electron chi connectivity index (χ0n) is 16.7. The lowest BCUT2D eigenvalue weighted by Gasteiger charge is -2.12. The molecule has 31 heavy (non-hydrogen) atoms. The van der Waals surface area contributed by atoms with Crippen LogP contribution in [0, 0.1) is 0 Å². The van der Waals surface area contributed by atoms with Crippen molar-refractivity contribution in [1.82, 2.24) is 9.38 Å². The van der Waals surface area contributed by atoms with E-state index in [1.807, 2.05) is 59.3 Å². The van der Waals surface area contributed by atoms with E-state index in [0.29, 0.717) is 22.9 Å². The van der Waals surface area contributed by atoms with Crippen molar-refractivity contribution >= 4 is 44.9 Å². The molecule has 0 aliphatic heterocycles. The van der Waals surface area contributed by atoms with E-state index >= 15 is 0 Å². The largest absolute Gasteiger partial charge is 0.493 e. The summed E-state index contributed by atoms with van der Waals surface area (Å²) in [6, 6.07) is 19.0. The fourth-order valence-corrected chi connectivity index (χ4v) is 3.92. The van der Waals surface area contributed by atoms with Gasteiger partial charge >= 0.3 is 0 Å². The second-order valence-electron chi connectivity index (χ2n) is 6.64. The van der Waals surface area contributed by atoms with Gasteiger partial charge in [-0.1, -0.05) is 22.0 Å². The minimum atomic E-state index is -0.0932. The number of carbonyl (C=O) groups is 1. The molecule has 0 radical (unpaired) electrons. The summed E-state index contributed by atoms with van der Waals surface area (Å²) in [4.78, 5) is 17.9. The molecule has 0 saturated heterocycles. The summed E-state index contributed by atoms with van der Waals surface area (Å²) in [5.74, 6) is 1.35. The number of hydrogen-bond acceptors (Lipinski definition) is 5. The van der Waals surface area contributed by atoms with Crippen molar-refractivity contribution in [2.45, 2.75) is 11.5 Å². The third-order valence-electron chi connectivity index (χ3n) is 4.42. The van der Waals surface area contributed by atoms with Crippen LogP contribution in [-0.2, 0) is 11.4 Å². The fourth-order valence-electron chi connectivity index (χ4n) is 2.95. The van der Waals surface area contributed by atoms with Crippen LogP contribution in [0.4, 0.5) is 5.69 Å². The van der Waals surface area contributed by atoms with Crippen LogP contribution in [-0.4, -0.2) is 28.2 Å². The molecule has 4 rings (SSSR count). The van der Waals surface area contributed by atoms with Crippen molar-refractivity contribution in [3.63, 3.8) is 0 Å². The number of amides is 1. The first kappa shape index (κ1) is 21.3. The number of pyridine rings is 1. The van der Waals surface area contributed by atoms with E-state index in [4.69, 9.17) is 9.47 Å². The van der Waals surface area contributed by atoms with Gasteiger partial charge in [-0.3, -0.25) is 4.79 Å². The van der Waals surface area contributed by atoms with Gasteiger partial charge in [-0.15, -0.1) is 11.8 Å². The molecular formula is C23H20BrN3O3S. The summed E-state index contributed by atoms with van der Waals surface area (Å²) in [7, 11) is 1.58. The number of thioether (sulfide) groups is 1. The van der Waals surface area contributed by atoms with Crippen molar-refractivity contribution in [3.05, 3.63) is 83.2 Å². The standard InChI is InChI=1S/C23H20BrN3O3S/c1-29-20-10-7-17(26-23(28)15-31-19-8-5-16(24)6-9-19)12-21(20)30-14-18-13-27-11-3-2-4-22(27)25-18/h2-13H,14-15H2,1H3,(H,26,28). The van der Waals surface area contributed by atoms with E-state index < -0.39 is 0 Å². The van der Waals surface area contributed by atoms with Crippen LogP contribution in [0.1, 0.15) is 5.69 Å². The maximum Gasteiger partial charge on any atom is 0.234 e. The number of methoxy groups -OCH3 is 1. The number of anilines is 1. The summed E-state index contributed by atoms with van der Waals surface area (Å²) in [6.07, 6.45) is 3.86. The predicted octanol–water partition coefficient (Wildman–Crippen LogP) is 5.42. The molecule has 0 saturated carbocycles. The van der Waals surface area contributed by atoms with E-state index in [-0.39, 0.29) is 12.5 Å². The summed E-state index contributed by atoms with van der Waals surface area (Å²) in [5.41, 5.74) is 2.30. The lowest BCUT2D eigenvalue weighted by atomic mass is 10.2. The SMILES string of the molecule is COc1ccc(NC(=O)CSc2ccc(Br)cc2)cc1OCc1cn2ccccc2n1. The molecule has 2 heterocycles. The average molecular weight is 498 g/mol. The first-order valence-corrected chi connectivity index (χ1v) is 11.3. The normalized spacial score (nSPS) is 10.8. The second kappa shape index (κ2) is 9.89. The van der Waals surface area contributed by atoms with Crippen molar-refractivity contribution in [2.75, 3.05) is 18.2 Å². The number of rotatable bonds is 8. The highest BCUT2D eigenvalue weighted by atomic mass is 79.9. The lowest BCUT2D eigenvalue weighted by molar-refractivity contribution is -0.113. The van der Waals surface area contributed by atoms with E-state index in [1.165, 1.54) is 11.8 Å². The van der Waals surface area contributed by atoms with E-state index in [2.05, 4.69) is 26.2 Å². The van der Waals surface area contributed by atoms with E-state index in [1.54, 1.807) is 25.3 Å². The van der Waals surface area contributed by atoms with E-state index in [9.17, 15) is 4.79 Å². The van der Waals surface area contributed by atoms with Crippen LogP contribution in [0.5, 0.6) is 11.5 Å². The number of nitrogens with one attached hydrogen (secondary N) is 1. The minimum absolute atomic E-state index is 0.0932. The van der Waals surface area contributed by atoms with Gasteiger partial charge in [0.2, 0.25) is 5.91 Å². The Balaban J connectivity index is 1.39. The Kier molecular flexibility index (Phi) is 6.79. The third-order valence-corrected chi connectivity index (χ3v) is 5.96. The Morgan fingerprint density at radius 2 is 1.97 bits per heavy atom. The van der Waals surface area contributed by atoms with Gasteiger partial charge in [0.25, 0.3) is 0 Å². The second-order valence-corrected chi connectivity index (χ2v) is 8.61. The van der Waals surface area contributed by atoms with Gasteiger partial charge in [0.05, 0.1) is 18.6 Å². The number of ether oxygens (including phenoxy) is 2. The highest BCUT2D eigenvalue weighted by molar-refractivity contribution is 9.10. The number of fused-ring (bicyclic) bond motifs is 1. The summed E-state index contributed by atoms with van der Waals surface area (Å²) in [5, 5.41) is 2.91. The molecule has 0 unspecified atom stereocenters. The van der Waals surface area contributed by atoms with Crippen LogP contribution >= 0.6 is 27.7 Å². The number of aromatic nitrogens is 2. The molecule has 6 nitrogen and oxygen atoms in total. The van der Waals surface area contributed by atoms with Gasteiger partial charge in [-0.25, -0.2) is 4.98 Å². The van der Waals surface area contributed by atoms with Gasteiger partial charge < -0.3 is 19.2 Å². The number of imidazole rings is 1. The molecule has 2 aromatic heterocycles. The molecule has 0 aliphatic rings. The minimum Gasteiger partial charge on any atom is -0.493 e. The van der Waals surface area contributed by atoms with Crippen molar-refractivity contribution in [2.24, 2.45) is 0 Å². The molecule has 1 N–H and O–H groups in total. The van der Waals surface area contributed by atoms with Crippen molar-refractivity contribution < 1.29 is 14.3 Å². The van der Waals surface area contributed by atoms with Gasteiger partial charge in [-0.2, -0.15) is 0 Å². The monoisotopic (exact) mass is 497 g/mol. The Hall–Kier alpha value is -2.97. The molecule has 4 aromatic rings. The third kappa shape index (κ3) is 5.59. The summed E-state index contributed by atoms with van der Waals surface area (Å²) in [6.45, 7) is 0.287. The highest BCUT2D eigenvalue weighted by Crippen LogP contribution is 2.31. The Labute approximate surface area is 192 Å². The van der Waals surface area contributed by atoms with Crippen molar-refractivity contribution in [1.29, 1.82) is 0 Å². The molecule has 0 spiro atoms. The molecule has 0 fully saturated rings. The first-order valence-electron chi connectivity index (χ1n) is 9.52. The first-order chi connectivity index (χ1) is 15.1. The Morgan fingerprint density at radius 3 is 2.74 bits per heavy atom. The highest BCUT2D eigenvalue weighted by Gasteiger charge is 2.10. The maximum atomic E-state index is 12.4. The molecular weight excluding hydrogens is 478 g/mol. The van der Waals surface area contributed by atoms with Crippen LogP contribution < -0.4 is 14.8 Å². The molecule has 8 heteroatoms. The molecule has 0 bridgehead atoms. The smallest absolute Gasteiger partial charge is 0.234 e. The number of hydrogen-bond donors (Lipinski definition) is 1. The maximum absolute atomic E-state index is 12.4. The number of halogens is 1. The number of benzene rings is 2. The molecule has 2 aromatic carbocycles. The zero-order valence-corrected chi connectivity index (χ0v) is 19.2. The van der Waals surface area contributed by atoms with Gasteiger partial charge in [0, 0.05) is 33.5 Å².